The van der Waals surface area contributed by atoms with Gasteiger partial charge in [0, 0.05) is 17.0 Å². The molecular formula is C20H18FN3O5S. The number of amides is 1. The fraction of sp³-hybridized carbons (Fsp3) is 0.300. The Hall–Kier alpha value is -3.27. The highest BCUT2D eigenvalue weighted by molar-refractivity contribution is 7.10. The van der Waals surface area contributed by atoms with Crippen molar-refractivity contribution in [2.75, 3.05) is 13.2 Å². The maximum absolute atomic E-state index is 13.0. The molecule has 3 aromatic rings. The zero-order chi connectivity index (χ0) is 21.1. The predicted octanol–water partition coefficient (Wildman–Crippen LogP) is 2.61. The van der Waals surface area contributed by atoms with E-state index in [9.17, 15) is 18.8 Å². The zero-order valence-electron chi connectivity index (χ0n) is 15.8. The number of likely N-dealkylation sites (tertiary alicyclic amines) is 1. The van der Waals surface area contributed by atoms with Crippen LogP contribution in [0.2, 0.25) is 0 Å². The average molecular weight is 431 g/mol. The lowest BCUT2D eigenvalue weighted by Gasteiger charge is -2.23. The SMILES string of the molecule is O=C(Cn1nc(-c2ccc(F)cc2)oc1=O)OCC(=O)N1CCCC1c1cccs1. The molecule has 8 nitrogen and oxygen atoms in total. The zero-order valence-corrected chi connectivity index (χ0v) is 16.6. The number of hydrogen-bond donors (Lipinski definition) is 0. The molecule has 0 saturated carbocycles. The summed E-state index contributed by atoms with van der Waals surface area (Å²) in [5.74, 6) is -2.39. The number of aromatic nitrogens is 2. The Morgan fingerprint density at radius 2 is 2.07 bits per heavy atom. The molecule has 2 aromatic heterocycles. The third-order valence-electron chi connectivity index (χ3n) is 4.78. The highest BCUT2D eigenvalue weighted by Gasteiger charge is 2.31. The minimum atomic E-state index is -0.852. The minimum Gasteiger partial charge on any atom is -0.454 e. The van der Waals surface area contributed by atoms with Gasteiger partial charge >= 0.3 is 11.7 Å². The number of hydrogen-bond acceptors (Lipinski definition) is 7. The van der Waals surface area contributed by atoms with Crippen LogP contribution in [0, 0.1) is 5.82 Å². The molecule has 156 valence electrons. The van der Waals surface area contributed by atoms with E-state index in [4.69, 9.17) is 9.15 Å². The first-order chi connectivity index (χ1) is 14.5. The fourth-order valence-corrected chi connectivity index (χ4v) is 4.22. The summed E-state index contributed by atoms with van der Waals surface area (Å²) >= 11 is 1.59. The smallest absolute Gasteiger partial charge is 0.437 e. The Kier molecular flexibility index (Phi) is 5.75. The molecule has 0 bridgehead atoms. The normalized spacial score (nSPS) is 16.0. The number of rotatable bonds is 6. The molecule has 1 aliphatic rings. The van der Waals surface area contributed by atoms with Crippen LogP contribution < -0.4 is 5.76 Å². The molecule has 4 rings (SSSR count). The van der Waals surface area contributed by atoms with E-state index >= 15 is 0 Å². The number of thiophene rings is 1. The van der Waals surface area contributed by atoms with E-state index < -0.39 is 30.7 Å². The summed E-state index contributed by atoms with van der Waals surface area (Å²) in [5, 5.41) is 5.88. The van der Waals surface area contributed by atoms with Crippen LogP contribution in [-0.4, -0.2) is 39.7 Å². The van der Waals surface area contributed by atoms with Crippen molar-refractivity contribution in [2.45, 2.75) is 25.4 Å². The van der Waals surface area contributed by atoms with E-state index in [2.05, 4.69) is 5.10 Å². The number of ether oxygens (including phenoxy) is 1. The van der Waals surface area contributed by atoms with Gasteiger partial charge in [-0.05, 0) is 48.6 Å². The fourth-order valence-electron chi connectivity index (χ4n) is 3.35. The molecule has 1 amide bonds. The van der Waals surface area contributed by atoms with Crippen molar-refractivity contribution in [2.24, 2.45) is 0 Å². The van der Waals surface area contributed by atoms with Crippen molar-refractivity contribution in [1.29, 1.82) is 0 Å². The Morgan fingerprint density at radius 3 is 2.80 bits per heavy atom. The Balaban J connectivity index is 1.34. The van der Waals surface area contributed by atoms with Gasteiger partial charge < -0.3 is 14.1 Å². The molecule has 0 radical (unpaired) electrons. The summed E-state index contributed by atoms with van der Waals surface area (Å²) in [6.45, 7) is -0.286. The van der Waals surface area contributed by atoms with Gasteiger partial charge in [-0.2, -0.15) is 4.68 Å². The van der Waals surface area contributed by atoms with Gasteiger partial charge in [0.05, 0.1) is 6.04 Å². The second kappa shape index (κ2) is 8.62. The first-order valence-corrected chi connectivity index (χ1v) is 10.2. The second-order valence-electron chi connectivity index (χ2n) is 6.76. The molecule has 0 aliphatic carbocycles. The van der Waals surface area contributed by atoms with Crippen LogP contribution in [0.3, 0.4) is 0 Å². The van der Waals surface area contributed by atoms with Crippen molar-refractivity contribution < 1.29 is 23.1 Å². The average Bonchev–Trinajstić information content (AvgIpc) is 3.48. The van der Waals surface area contributed by atoms with E-state index in [-0.39, 0.29) is 17.8 Å². The summed E-state index contributed by atoms with van der Waals surface area (Å²) in [7, 11) is 0. The van der Waals surface area contributed by atoms with Crippen molar-refractivity contribution in [1.82, 2.24) is 14.7 Å². The standard InChI is InChI=1S/C20H18FN3O5S/c21-14-7-5-13(6-8-14)19-22-24(20(27)29-19)11-18(26)28-12-17(25)23-9-1-3-15(23)16-4-2-10-30-16/h2,4-8,10,15H,1,3,9,11-12H2. The van der Waals surface area contributed by atoms with E-state index in [0.29, 0.717) is 12.1 Å². The summed E-state index contributed by atoms with van der Waals surface area (Å²) in [6, 6.07) is 9.16. The largest absolute Gasteiger partial charge is 0.454 e. The van der Waals surface area contributed by atoms with Crippen LogP contribution in [0.4, 0.5) is 4.39 Å². The third kappa shape index (κ3) is 4.33. The molecule has 1 aromatic carbocycles. The summed E-state index contributed by atoms with van der Waals surface area (Å²) in [4.78, 5) is 39.4. The summed E-state index contributed by atoms with van der Waals surface area (Å²) in [5.41, 5.74) is 0.393. The van der Waals surface area contributed by atoms with Crippen molar-refractivity contribution in [3.8, 4) is 11.5 Å². The van der Waals surface area contributed by atoms with Gasteiger partial charge in [0.25, 0.3) is 5.91 Å². The molecule has 1 fully saturated rings. The van der Waals surface area contributed by atoms with Crippen LogP contribution in [0.15, 0.2) is 51.0 Å². The van der Waals surface area contributed by atoms with Crippen molar-refractivity contribution in [3.05, 3.63) is 63.0 Å². The highest BCUT2D eigenvalue weighted by Crippen LogP contribution is 2.34. The lowest BCUT2D eigenvalue weighted by Crippen LogP contribution is -2.34. The molecule has 0 spiro atoms. The lowest BCUT2D eigenvalue weighted by molar-refractivity contribution is -0.153. The quantitative estimate of drug-likeness (QED) is 0.557. The van der Waals surface area contributed by atoms with Gasteiger partial charge in [-0.25, -0.2) is 9.18 Å². The predicted molar refractivity (Wildman–Crippen MR) is 105 cm³/mol. The van der Waals surface area contributed by atoms with E-state index in [1.165, 1.54) is 24.3 Å². The van der Waals surface area contributed by atoms with E-state index in [1.807, 2.05) is 17.5 Å². The maximum Gasteiger partial charge on any atom is 0.437 e. The van der Waals surface area contributed by atoms with Crippen LogP contribution >= 0.6 is 11.3 Å². The van der Waals surface area contributed by atoms with Gasteiger partial charge in [0.15, 0.2) is 6.61 Å². The van der Waals surface area contributed by atoms with Crippen molar-refractivity contribution in [3.63, 3.8) is 0 Å². The van der Waals surface area contributed by atoms with Crippen LogP contribution in [-0.2, 0) is 20.9 Å². The molecule has 30 heavy (non-hydrogen) atoms. The van der Waals surface area contributed by atoms with Gasteiger partial charge in [-0.15, -0.1) is 16.4 Å². The molecule has 10 heteroatoms. The molecule has 1 saturated heterocycles. The van der Waals surface area contributed by atoms with Crippen LogP contribution in [0.5, 0.6) is 0 Å². The number of halogens is 1. The van der Waals surface area contributed by atoms with E-state index in [0.717, 1.165) is 22.4 Å². The number of esters is 1. The Morgan fingerprint density at radius 1 is 1.27 bits per heavy atom. The molecule has 0 N–H and O–H groups in total. The number of benzene rings is 1. The Bertz CT molecular complexity index is 1090. The molecule has 1 aliphatic heterocycles. The van der Waals surface area contributed by atoms with Crippen molar-refractivity contribution >= 4 is 23.2 Å². The van der Waals surface area contributed by atoms with Gasteiger partial charge in [0.2, 0.25) is 5.89 Å². The third-order valence-corrected chi connectivity index (χ3v) is 5.75. The maximum atomic E-state index is 13.0. The number of carbonyl (C=O) groups excluding carboxylic acids is 2. The van der Waals surface area contributed by atoms with Crippen LogP contribution in [0.1, 0.15) is 23.8 Å². The van der Waals surface area contributed by atoms with E-state index in [1.54, 1.807) is 16.2 Å². The number of nitrogens with zero attached hydrogens (tertiary/aromatic N) is 3. The topological polar surface area (TPSA) is 94.6 Å². The van der Waals surface area contributed by atoms with Gasteiger partial charge in [-0.3, -0.25) is 9.59 Å². The second-order valence-corrected chi connectivity index (χ2v) is 7.74. The summed E-state index contributed by atoms with van der Waals surface area (Å²) in [6.07, 6.45) is 1.77. The monoisotopic (exact) mass is 431 g/mol. The van der Waals surface area contributed by atoms with Gasteiger partial charge in [-0.1, -0.05) is 6.07 Å². The minimum absolute atomic E-state index is 0.00706. The Labute approximate surface area is 174 Å². The molecule has 1 unspecified atom stereocenters. The lowest BCUT2D eigenvalue weighted by atomic mass is 10.2. The summed E-state index contributed by atoms with van der Waals surface area (Å²) < 4.78 is 23.9. The molecular weight excluding hydrogens is 413 g/mol. The first kappa shape index (κ1) is 20.0. The van der Waals surface area contributed by atoms with Crippen LogP contribution in [0.25, 0.3) is 11.5 Å². The number of carbonyl (C=O) groups is 2. The highest BCUT2D eigenvalue weighted by atomic mass is 32.1. The van der Waals surface area contributed by atoms with Gasteiger partial charge in [0.1, 0.15) is 12.4 Å². The molecule has 3 heterocycles. The first-order valence-electron chi connectivity index (χ1n) is 9.33. The molecule has 1 atom stereocenters.